The van der Waals surface area contributed by atoms with E-state index in [0.717, 1.165) is 92.0 Å². The summed E-state index contributed by atoms with van der Waals surface area (Å²) in [5.74, 6) is 3.90. The third kappa shape index (κ3) is 7.16. The fraction of sp³-hybridized carbons (Fsp3) is 0.161. The molecule has 0 N–H and O–H groups in total. The predicted octanol–water partition coefficient (Wildman–Crippen LogP) is 15.1. The van der Waals surface area contributed by atoms with E-state index in [2.05, 4.69) is 176 Å². The highest BCUT2D eigenvalue weighted by Gasteiger charge is 2.33. The molecule has 0 saturated heterocycles. The van der Waals surface area contributed by atoms with Crippen LogP contribution in [0.5, 0.6) is 0 Å². The van der Waals surface area contributed by atoms with Crippen molar-refractivity contribution in [1.29, 1.82) is 0 Å². The van der Waals surface area contributed by atoms with Gasteiger partial charge in [-0.2, -0.15) is 0 Å². The van der Waals surface area contributed by atoms with Gasteiger partial charge >= 0.3 is 11.5 Å². The van der Waals surface area contributed by atoms with E-state index in [1.165, 1.54) is 66.8 Å². The Morgan fingerprint density at radius 1 is 0.466 bits per heavy atom. The largest absolute Gasteiger partial charge is 0.456 e. The second-order valence-corrected chi connectivity index (χ2v) is 15.8. The van der Waals surface area contributed by atoms with Gasteiger partial charge < -0.3 is 4.74 Å². The Balaban J connectivity index is 1.14. The third-order valence-corrected chi connectivity index (χ3v) is 12.1. The Morgan fingerprint density at radius 3 is 1.69 bits per heavy atom. The van der Waals surface area contributed by atoms with Crippen LogP contribution in [-0.4, -0.2) is 0 Å². The minimum Gasteiger partial charge on any atom is -0.456 e. The second-order valence-electron chi connectivity index (χ2n) is 15.8. The number of rotatable bonds is 7. The van der Waals surface area contributed by atoms with Crippen molar-refractivity contribution in [2.24, 2.45) is 0 Å². The summed E-state index contributed by atoms with van der Waals surface area (Å²) in [6.07, 6.45) is 16.6. The Hall–Kier alpha value is -6.51. The number of fused-ring (bicyclic) bond motifs is 2. The van der Waals surface area contributed by atoms with Gasteiger partial charge in [0.05, 0.1) is 22.8 Å². The SMILES string of the molecule is C1=C(c2ccccc2)OC2=C(/C=C3/CCCC(/C=C4\CCCc5c(-c6ccccc6)cc(-c6ccccc6)[o+]c54)=C3c3ccccc3)CCCC2=C1c1ccccc1. The van der Waals surface area contributed by atoms with Gasteiger partial charge in [-0.1, -0.05) is 146 Å². The van der Waals surface area contributed by atoms with Gasteiger partial charge in [0, 0.05) is 16.7 Å². The summed E-state index contributed by atoms with van der Waals surface area (Å²) in [4.78, 5) is 0. The zero-order chi connectivity index (χ0) is 38.7. The van der Waals surface area contributed by atoms with Crippen molar-refractivity contribution >= 4 is 22.5 Å². The fourth-order valence-corrected chi connectivity index (χ4v) is 9.36. The Labute approximate surface area is 342 Å². The van der Waals surface area contributed by atoms with Crippen molar-refractivity contribution in [2.75, 3.05) is 0 Å². The first-order valence-corrected chi connectivity index (χ1v) is 21.1. The lowest BCUT2D eigenvalue weighted by Gasteiger charge is -2.30. The zero-order valence-corrected chi connectivity index (χ0v) is 32.9. The highest BCUT2D eigenvalue weighted by Crippen LogP contribution is 2.47. The van der Waals surface area contributed by atoms with Gasteiger partial charge in [0.25, 0.3) is 0 Å². The van der Waals surface area contributed by atoms with E-state index in [1.807, 2.05) is 0 Å². The van der Waals surface area contributed by atoms with Gasteiger partial charge in [0.1, 0.15) is 11.5 Å². The van der Waals surface area contributed by atoms with Crippen LogP contribution < -0.4 is 0 Å². The molecule has 0 atom stereocenters. The summed E-state index contributed by atoms with van der Waals surface area (Å²) >= 11 is 0. The number of allylic oxidation sites excluding steroid dienone is 10. The molecule has 0 unspecified atom stereocenters. The Bertz CT molecular complexity index is 2660. The highest BCUT2D eigenvalue weighted by molar-refractivity contribution is 5.90. The maximum atomic E-state index is 7.00. The lowest BCUT2D eigenvalue weighted by atomic mass is 9.79. The average Bonchev–Trinajstić information content (AvgIpc) is 3.30. The summed E-state index contributed by atoms with van der Waals surface area (Å²) in [5.41, 5.74) is 17.9. The molecule has 58 heavy (non-hydrogen) atoms. The number of hydrogen-bond acceptors (Lipinski definition) is 1. The molecule has 0 amide bonds. The molecule has 3 aliphatic carbocycles. The van der Waals surface area contributed by atoms with E-state index >= 15 is 0 Å². The fourth-order valence-electron chi connectivity index (χ4n) is 9.36. The monoisotopic (exact) mass is 751 g/mol. The summed E-state index contributed by atoms with van der Waals surface area (Å²) in [7, 11) is 0. The maximum absolute atomic E-state index is 7.00. The Kier molecular flexibility index (Phi) is 9.99. The van der Waals surface area contributed by atoms with E-state index in [1.54, 1.807) is 0 Å². The molecule has 0 fully saturated rings. The van der Waals surface area contributed by atoms with Crippen LogP contribution >= 0.6 is 0 Å². The minimum atomic E-state index is 0.911. The number of hydrogen-bond donors (Lipinski definition) is 0. The van der Waals surface area contributed by atoms with E-state index in [9.17, 15) is 0 Å². The minimum absolute atomic E-state index is 0.911. The topological polar surface area (TPSA) is 20.5 Å². The third-order valence-electron chi connectivity index (χ3n) is 12.1. The molecule has 0 spiro atoms. The molecule has 0 bridgehead atoms. The van der Waals surface area contributed by atoms with Crippen LogP contribution in [0.25, 0.3) is 44.9 Å². The van der Waals surface area contributed by atoms with E-state index in [4.69, 9.17) is 9.15 Å². The molecular formula is C56H47O2+. The van der Waals surface area contributed by atoms with Gasteiger partial charge in [0.15, 0.2) is 0 Å². The van der Waals surface area contributed by atoms with E-state index < -0.39 is 0 Å². The molecule has 1 aromatic heterocycles. The van der Waals surface area contributed by atoms with E-state index in [0.29, 0.717) is 0 Å². The smallest absolute Gasteiger partial charge is 0.361 e. The molecule has 10 rings (SSSR count). The molecule has 2 nitrogen and oxygen atoms in total. The van der Waals surface area contributed by atoms with Crippen LogP contribution in [0.2, 0.25) is 0 Å². The number of ether oxygens (including phenoxy) is 1. The highest BCUT2D eigenvalue weighted by atomic mass is 16.5. The molecule has 1 aliphatic heterocycles. The number of benzene rings is 5. The van der Waals surface area contributed by atoms with Crippen molar-refractivity contribution in [3.05, 3.63) is 232 Å². The molecule has 4 aliphatic rings. The standard InChI is InChI=1S/C56H47O2/c1-6-19-39(20-7-1)50-37-52(41-23-10-3-11-24-41)57-55-46(31-17-33-48(50)55)35-44-29-16-30-45(54(44)43-27-14-5-15-28-43)36-47-32-18-34-49-51(40-21-8-2-9-22-40)38-53(58-56(47)49)42-25-12-4-13-26-42/h1-15,19-28,35-38H,16-18,29-34H2/q+1. The molecule has 2 heteroatoms. The molecule has 5 aromatic carbocycles. The van der Waals surface area contributed by atoms with Crippen LogP contribution in [0.1, 0.15) is 79.4 Å². The first-order valence-electron chi connectivity index (χ1n) is 21.1. The van der Waals surface area contributed by atoms with E-state index in [-0.39, 0.29) is 0 Å². The molecule has 2 heterocycles. The average molecular weight is 752 g/mol. The first kappa shape index (κ1) is 35.9. The van der Waals surface area contributed by atoms with Crippen LogP contribution in [0.3, 0.4) is 0 Å². The summed E-state index contributed by atoms with van der Waals surface area (Å²) < 4.78 is 14.0. The molecular weight excluding hydrogens is 705 g/mol. The second kappa shape index (κ2) is 16.2. The van der Waals surface area contributed by atoms with Crippen LogP contribution in [0.4, 0.5) is 0 Å². The summed E-state index contributed by atoms with van der Waals surface area (Å²) in [6, 6.07) is 56.1. The van der Waals surface area contributed by atoms with Crippen molar-refractivity contribution < 1.29 is 9.15 Å². The molecule has 0 saturated carbocycles. The van der Waals surface area contributed by atoms with Crippen molar-refractivity contribution in [1.82, 2.24) is 0 Å². The predicted molar refractivity (Wildman–Crippen MR) is 240 cm³/mol. The molecule has 282 valence electrons. The zero-order valence-electron chi connectivity index (χ0n) is 32.9. The summed E-state index contributed by atoms with van der Waals surface area (Å²) in [6.45, 7) is 0. The van der Waals surface area contributed by atoms with Gasteiger partial charge in [-0.05, 0) is 127 Å². The van der Waals surface area contributed by atoms with Crippen LogP contribution in [0, 0.1) is 0 Å². The van der Waals surface area contributed by atoms with Crippen LogP contribution in [0.15, 0.2) is 208 Å². The normalized spacial score (nSPS) is 18.2. The first-order chi connectivity index (χ1) is 28.8. The quantitative estimate of drug-likeness (QED) is 0.151. The Morgan fingerprint density at radius 2 is 1.00 bits per heavy atom. The van der Waals surface area contributed by atoms with Gasteiger partial charge in [0.2, 0.25) is 0 Å². The van der Waals surface area contributed by atoms with Gasteiger partial charge in [-0.15, -0.1) is 0 Å². The van der Waals surface area contributed by atoms with Gasteiger partial charge in [-0.25, -0.2) is 4.42 Å². The lowest BCUT2D eigenvalue weighted by molar-refractivity contribution is 0.372. The molecule has 0 radical (unpaired) electrons. The maximum Gasteiger partial charge on any atom is 0.361 e. The van der Waals surface area contributed by atoms with Crippen LogP contribution in [-0.2, 0) is 11.2 Å². The summed E-state index contributed by atoms with van der Waals surface area (Å²) in [5, 5.41) is 0. The molecule has 6 aromatic rings. The van der Waals surface area contributed by atoms with Crippen molar-refractivity contribution in [3.63, 3.8) is 0 Å². The van der Waals surface area contributed by atoms with Crippen molar-refractivity contribution in [3.8, 4) is 22.5 Å². The lowest BCUT2D eigenvalue weighted by Crippen LogP contribution is -2.12. The van der Waals surface area contributed by atoms with Crippen molar-refractivity contribution in [2.45, 2.75) is 57.8 Å². The van der Waals surface area contributed by atoms with Gasteiger partial charge in [-0.3, -0.25) is 0 Å².